The Morgan fingerprint density at radius 1 is 1.36 bits per heavy atom. The molecule has 0 bridgehead atoms. The Morgan fingerprint density at radius 3 is 2.36 bits per heavy atom. The van der Waals surface area contributed by atoms with E-state index in [0.29, 0.717) is 15.6 Å². The van der Waals surface area contributed by atoms with Gasteiger partial charge in [-0.1, -0.05) is 29.3 Å². The summed E-state index contributed by atoms with van der Waals surface area (Å²) in [5.74, 6) is 0. The minimum atomic E-state index is -1.25. The van der Waals surface area contributed by atoms with Crippen LogP contribution in [-0.2, 0) is 0 Å². The van der Waals surface area contributed by atoms with Crippen molar-refractivity contribution in [3.8, 4) is 0 Å². The molecule has 1 nitrogen and oxygen atoms in total. The van der Waals surface area contributed by atoms with Gasteiger partial charge < -0.3 is 5.73 Å². The van der Waals surface area contributed by atoms with Gasteiger partial charge in [0.1, 0.15) is 6.17 Å². The lowest BCUT2D eigenvalue weighted by Crippen LogP contribution is -2.21. The number of hydrogen-bond acceptors (Lipinski definition) is 1. The summed E-state index contributed by atoms with van der Waals surface area (Å²) < 4.78 is 13.4. The Kier molecular flexibility index (Phi) is 5.75. The molecule has 80 valence electrons. The third-order valence-corrected chi connectivity index (χ3v) is 2.28. The largest absolute Gasteiger partial charge is 0.325 e. The first-order valence-corrected chi connectivity index (χ1v) is 4.62. The highest BCUT2D eigenvalue weighted by Crippen LogP contribution is 2.29. The normalized spacial score (nSPS) is 14.4. The third-order valence-electron chi connectivity index (χ3n) is 1.72. The molecule has 0 amide bonds. The highest BCUT2D eigenvalue weighted by atomic mass is 35.5. The summed E-state index contributed by atoms with van der Waals surface area (Å²) >= 11 is 11.5. The van der Waals surface area contributed by atoms with Gasteiger partial charge in [-0.25, -0.2) is 4.39 Å². The molecule has 0 fully saturated rings. The van der Waals surface area contributed by atoms with Crippen LogP contribution >= 0.6 is 35.6 Å². The summed E-state index contributed by atoms with van der Waals surface area (Å²) in [5.41, 5.74) is 5.80. The third kappa shape index (κ3) is 3.28. The lowest BCUT2D eigenvalue weighted by molar-refractivity contribution is 0.300. The van der Waals surface area contributed by atoms with Crippen molar-refractivity contribution in [2.45, 2.75) is 19.1 Å². The van der Waals surface area contributed by atoms with Gasteiger partial charge in [-0.2, -0.15) is 0 Å². The van der Waals surface area contributed by atoms with E-state index in [9.17, 15) is 4.39 Å². The van der Waals surface area contributed by atoms with Gasteiger partial charge in [-0.3, -0.25) is 0 Å². The first-order chi connectivity index (χ1) is 6.02. The molecule has 2 atom stereocenters. The number of halogens is 4. The van der Waals surface area contributed by atoms with Gasteiger partial charge in [0.15, 0.2) is 0 Å². The van der Waals surface area contributed by atoms with E-state index in [1.165, 1.54) is 6.07 Å². The number of benzene rings is 1. The molecule has 0 aliphatic rings. The van der Waals surface area contributed by atoms with E-state index in [2.05, 4.69) is 0 Å². The molecule has 1 aromatic carbocycles. The minimum Gasteiger partial charge on any atom is -0.325 e. The van der Waals surface area contributed by atoms with Gasteiger partial charge in [0.25, 0.3) is 0 Å². The monoisotopic (exact) mass is 257 g/mol. The van der Waals surface area contributed by atoms with Gasteiger partial charge >= 0.3 is 0 Å². The van der Waals surface area contributed by atoms with Crippen LogP contribution in [0.4, 0.5) is 4.39 Å². The van der Waals surface area contributed by atoms with Gasteiger partial charge in [-0.05, 0) is 19.1 Å². The molecule has 0 radical (unpaired) electrons. The Hall–Kier alpha value is -0.0200. The predicted octanol–water partition coefficient (Wildman–Crippen LogP) is 3.77. The minimum absolute atomic E-state index is 0. The molecule has 0 aromatic heterocycles. The lowest BCUT2D eigenvalue weighted by Gasteiger charge is -2.13. The van der Waals surface area contributed by atoms with Gasteiger partial charge in [0.2, 0.25) is 0 Å². The highest BCUT2D eigenvalue weighted by Gasteiger charge is 2.17. The van der Waals surface area contributed by atoms with Gasteiger partial charge in [0, 0.05) is 21.7 Å². The summed E-state index contributed by atoms with van der Waals surface area (Å²) in [5, 5.41) is 0.808. The Balaban J connectivity index is 0.00000169. The molecular formula is C9H11Cl3FN. The summed E-state index contributed by atoms with van der Waals surface area (Å²) in [7, 11) is 0. The number of alkyl halides is 1. The van der Waals surface area contributed by atoms with Crippen LogP contribution in [0.2, 0.25) is 10.0 Å². The highest BCUT2D eigenvalue weighted by molar-refractivity contribution is 6.35. The molecule has 2 unspecified atom stereocenters. The van der Waals surface area contributed by atoms with E-state index < -0.39 is 12.2 Å². The second-order valence-electron chi connectivity index (χ2n) is 2.93. The fourth-order valence-corrected chi connectivity index (χ4v) is 1.52. The molecule has 0 spiro atoms. The van der Waals surface area contributed by atoms with Crippen LogP contribution in [0.5, 0.6) is 0 Å². The number of nitrogens with two attached hydrogens (primary N) is 1. The van der Waals surface area contributed by atoms with Crippen LogP contribution in [-0.4, -0.2) is 6.04 Å². The molecule has 1 rings (SSSR count). The summed E-state index contributed by atoms with van der Waals surface area (Å²) in [4.78, 5) is 0. The molecule has 2 N–H and O–H groups in total. The second-order valence-corrected chi connectivity index (χ2v) is 3.77. The van der Waals surface area contributed by atoms with Crippen LogP contribution in [0.1, 0.15) is 18.7 Å². The predicted molar refractivity (Wildman–Crippen MR) is 61.2 cm³/mol. The Bertz CT molecular complexity index is 304. The van der Waals surface area contributed by atoms with Crippen molar-refractivity contribution in [2.24, 2.45) is 5.73 Å². The topological polar surface area (TPSA) is 26.0 Å². The Labute approximate surface area is 98.8 Å². The first kappa shape index (κ1) is 14.0. The van der Waals surface area contributed by atoms with Crippen LogP contribution in [0.15, 0.2) is 18.2 Å². The van der Waals surface area contributed by atoms with E-state index in [4.69, 9.17) is 28.9 Å². The van der Waals surface area contributed by atoms with Crippen molar-refractivity contribution in [1.82, 2.24) is 0 Å². The molecule has 1 aromatic rings. The zero-order chi connectivity index (χ0) is 10.0. The zero-order valence-corrected chi connectivity index (χ0v) is 9.83. The molecule has 0 aliphatic carbocycles. The van der Waals surface area contributed by atoms with Crippen molar-refractivity contribution < 1.29 is 4.39 Å². The van der Waals surface area contributed by atoms with Crippen LogP contribution in [0.25, 0.3) is 0 Å². The van der Waals surface area contributed by atoms with Gasteiger partial charge in [-0.15, -0.1) is 12.4 Å². The van der Waals surface area contributed by atoms with E-state index >= 15 is 0 Å². The quantitative estimate of drug-likeness (QED) is 0.858. The van der Waals surface area contributed by atoms with E-state index in [0.717, 1.165) is 0 Å². The fraction of sp³-hybridized carbons (Fsp3) is 0.333. The average Bonchev–Trinajstić information content (AvgIpc) is 2.03. The van der Waals surface area contributed by atoms with Gasteiger partial charge in [0.05, 0.1) is 0 Å². The van der Waals surface area contributed by atoms with E-state index in [1.54, 1.807) is 19.1 Å². The van der Waals surface area contributed by atoms with Crippen molar-refractivity contribution in [1.29, 1.82) is 0 Å². The zero-order valence-electron chi connectivity index (χ0n) is 7.51. The van der Waals surface area contributed by atoms with Crippen molar-refractivity contribution in [2.75, 3.05) is 0 Å². The van der Waals surface area contributed by atoms with E-state index in [-0.39, 0.29) is 12.4 Å². The lowest BCUT2D eigenvalue weighted by atomic mass is 10.1. The maximum Gasteiger partial charge on any atom is 0.141 e. The fourth-order valence-electron chi connectivity index (χ4n) is 1.01. The van der Waals surface area contributed by atoms with Crippen LogP contribution in [0.3, 0.4) is 0 Å². The SMILES string of the molecule is CC(N)C(F)c1ccc(Cl)cc1Cl.Cl. The number of hydrogen-bond donors (Lipinski definition) is 1. The second kappa shape index (κ2) is 5.76. The Morgan fingerprint density at radius 2 is 1.93 bits per heavy atom. The molecule has 14 heavy (non-hydrogen) atoms. The molecule has 0 saturated heterocycles. The maximum atomic E-state index is 13.4. The molecule has 5 heteroatoms. The summed E-state index contributed by atoms with van der Waals surface area (Å²) in [6, 6.07) is 4.09. The average molecular weight is 259 g/mol. The molecule has 0 aliphatic heterocycles. The van der Waals surface area contributed by atoms with Crippen LogP contribution in [0, 0.1) is 0 Å². The van der Waals surface area contributed by atoms with Crippen molar-refractivity contribution in [3.05, 3.63) is 33.8 Å². The van der Waals surface area contributed by atoms with Crippen LogP contribution < -0.4 is 5.73 Å². The first-order valence-electron chi connectivity index (χ1n) is 3.87. The smallest absolute Gasteiger partial charge is 0.141 e. The van der Waals surface area contributed by atoms with Crippen molar-refractivity contribution >= 4 is 35.6 Å². The maximum absolute atomic E-state index is 13.4. The number of rotatable bonds is 2. The molecule has 0 saturated carbocycles. The summed E-state index contributed by atoms with van der Waals surface area (Å²) in [6.07, 6.45) is -1.25. The standard InChI is InChI=1S/C9H10Cl2FN.ClH/c1-5(13)9(12)7-3-2-6(10)4-8(7)11;/h2-5,9H,13H2,1H3;1H. The van der Waals surface area contributed by atoms with Crippen molar-refractivity contribution in [3.63, 3.8) is 0 Å². The molecular weight excluding hydrogens is 247 g/mol. The summed E-state index contributed by atoms with van der Waals surface area (Å²) in [6.45, 7) is 1.59. The van der Waals surface area contributed by atoms with E-state index in [1.807, 2.05) is 0 Å². The molecule has 0 heterocycles.